The van der Waals surface area contributed by atoms with E-state index in [0.717, 1.165) is 0 Å². The molecule has 19 heavy (non-hydrogen) atoms. The highest BCUT2D eigenvalue weighted by Crippen LogP contribution is 2.33. The van der Waals surface area contributed by atoms with Crippen LogP contribution in [0.3, 0.4) is 0 Å². The maximum absolute atomic E-state index is 11.9. The highest BCUT2D eigenvalue weighted by atomic mass is 35.5. The van der Waals surface area contributed by atoms with Crippen LogP contribution in [0.4, 0.5) is 5.69 Å². The minimum atomic E-state index is -1.12. The van der Waals surface area contributed by atoms with E-state index in [1.54, 1.807) is 13.0 Å². The maximum Gasteiger partial charge on any atom is 0.337 e. The number of carboxylic acids is 1. The SMILES string of the molecule is Cc1cc(Cl)cc(C(=O)O)c1N1CC(CO)CC1=O. The summed E-state index contributed by atoms with van der Waals surface area (Å²) in [6, 6.07) is 2.97. The summed E-state index contributed by atoms with van der Waals surface area (Å²) in [5, 5.41) is 18.7. The molecule has 1 aliphatic rings. The Labute approximate surface area is 115 Å². The van der Waals surface area contributed by atoms with E-state index < -0.39 is 5.97 Å². The Morgan fingerprint density at radius 1 is 1.53 bits per heavy atom. The zero-order chi connectivity index (χ0) is 14.2. The Morgan fingerprint density at radius 3 is 2.74 bits per heavy atom. The largest absolute Gasteiger partial charge is 0.478 e. The van der Waals surface area contributed by atoms with Crippen molar-refractivity contribution in [3.63, 3.8) is 0 Å². The van der Waals surface area contributed by atoms with Crippen LogP contribution in [0.5, 0.6) is 0 Å². The molecule has 0 aliphatic carbocycles. The van der Waals surface area contributed by atoms with E-state index in [4.69, 9.17) is 16.7 Å². The first-order chi connectivity index (χ1) is 8.93. The van der Waals surface area contributed by atoms with Gasteiger partial charge in [0.25, 0.3) is 0 Å². The number of benzene rings is 1. The molecule has 1 heterocycles. The van der Waals surface area contributed by atoms with Gasteiger partial charge in [0.15, 0.2) is 0 Å². The summed E-state index contributed by atoms with van der Waals surface area (Å²) in [5.74, 6) is -1.45. The van der Waals surface area contributed by atoms with Crippen LogP contribution in [-0.4, -0.2) is 35.2 Å². The number of hydrogen-bond acceptors (Lipinski definition) is 3. The number of aliphatic hydroxyl groups excluding tert-OH is 1. The fraction of sp³-hybridized carbons (Fsp3) is 0.385. The van der Waals surface area contributed by atoms with Gasteiger partial charge in [-0.1, -0.05) is 11.6 Å². The van der Waals surface area contributed by atoms with Crippen molar-refractivity contribution in [2.24, 2.45) is 5.92 Å². The molecule has 0 aromatic heterocycles. The van der Waals surface area contributed by atoms with Gasteiger partial charge < -0.3 is 15.1 Å². The van der Waals surface area contributed by atoms with Crippen LogP contribution >= 0.6 is 11.6 Å². The number of carboxylic acid groups (broad SMARTS) is 1. The van der Waals surface area contributed by atoms with Crippen LogP contribution < -0.4 is 4.90 Å². The van der Waals surface area contributed by atoms with Gasteiger partial charge in [0.05, 0.1) is 11.3 Å². The molecule has 6 heteroatoms. The van der Waals surface area contributed by atoms with Crippen molar-refractivity contribution < 1.29 is 19.8 Å². The molecule has 1 amide bonds. The number of nitrogens with zero attached hydrogens (tertiary/aromatic N) is 1. The second-order valence-electron chi connectivity index (χ2n) is 4.68. The summed E-state index contributed by atoms with van der Waals surface area (Å²) < 4.78 is 0. The zero-order valence-electron chi connectivity index (χ0n) is 10.4. The average molecular weight is 284 g/mol. The summed E-state index contributed by atoms with van der Waals surface area (Å²) in [7, 11) is 0. The summed E-state index contributed by atoms with van der Waals surface area (Å²) in [4.78, 5) is 24.7. The Balaban J connectivity index is 2.50. The van der Waals surface area contributed by atoms with E-state index in [1.165, 1.54) is 11.0 Å². The predicted molar refractivity (Wildman–Crippen MR) is 70.7 cm³/mol. The number of aromatic carboxylic acids is 1. The molecule has 2 rings (SSSR count). The first kappa shape index (κ1) is 13.8. The fourth-order valence-corrected chi connectivity index (χ4v) is 2.65. The lowest BCUT2D eigenvalue weighted by Gasteiger charge is -2.21. The molecule has 1 aromatic rings. The minimum Gasteiger partial charge on any atom is -0.478 e. The second-order valence-corrected chi connectivity index (χ2v) is 5.12. The number of aliphatic hydroxyl groups is 1. The lowest BCUT2D eigenvalue weighted by molar-refractivity contribution is -0.117. The number of halogens is 1. The predicted octanol–water partition coefficient (Wildman–Crippen LogP) is 1.69. The molecule has 5 nitrogen and oxygen atoms in total. The van der Waals surface area contributed by atoms with Gasteiger partial charge >= 0.3 is 5.97 Å². The molecule has 1 aliphatic heterocycles. The van der Waals surface area contributed by atoms with Crippen molar-refractivity contribution in [1.29, 1.82) is 0 Å². The van der Waals surface area contributed by atoms with Crippen molar-refractivity contribution in [2.45, 2.75) is 13.3 Å². The molecular formula is C13H14ClNO4. The average Bonchev–Trinajstić information content (AvgIpc) is 2.69. The molecular weight excluding hydrogens is 270 g/mol. The molecule has 1 aromatic carbocycles. The number of hydrogen-bond donors (Lipinski definition) is 2. The van der Waals surface area contributed by atoms with Gasteiger partial charge in [0, 0.05) is 30.5 Å². The standard InChI is InChI=1S/C13H14ClNO4/c1-7-2-9(14)4-10(13(18)19)12(7)15-5-8(6-16)3-11(15)17/h2,4,8,16H,3,5-6H2,1H3,(H,18,19). The molecule has 0 bridgehead atoms. The van der Waals surface area contributed by atoms with Crippen molar-refractivity contribution in [3.8, 4) is 0 Å². The molecule has 102 valence electrons. The van der Waals surface area contributed by atoms with E-state index in [2.05, 4.69) is 0 Å². The zero-order valence-corrected chi connectivity index (χ0v) is 11.1. The third-order valence-electron chi connectivity index (χ3n) is 3.23. The third-order valence-corrected chi connectivity index (χ3v) is 3.45. The Bertz CT molecular complexity index is 544. The van der Waals surface area contributed by atoms with E-state index in [0.29, 0.717) is 22.8 Å². The Kier molecular flexibility index (Phi) is 3.78. The van der Waals surface area contributed by atoms with Crippen molar-refractivity contribution in [2.75, 3.05) is 18.1 Å². The molecule has 1 fully saturated rings. The quantitative estimate of drug-likeness (QED) is 0.885. The summed E-state index contributed by atoms with van der Waals surface area (Å²) in [6.45, 7) is 1.96. The second kappa shape index (κ2) is 5.19. The number of rotatable bonds is 3. The Morgan fingerprint density at radius 2 is 2.21 bits per heavy atom. The van der Waals surface area contributed by atoms with Gasteiger partial charge in [-0.25, -0.2) is 4.79 Å². The van der Waals surface area contributed by atoms with Crippen molar-refractivity contribution in [3.05, 3.63) is 28.3 Å². The smallest absolute Gasteiger partial charge is 0.337 e. The van der Waals surface area contributed by atoms with Gasteiger partial charge in [0.1, 0.15) is 0 Å². The number of amides is 1. The van der Waals surface area contributed by atoms with E-state index >= 15 is 0 Å². The summed E-state index contributed by atoms with van der Waals surface area (Å²) >= 11 is 5.86. The van der Waals surface area contributed by atoms with Crippen molar-refractivity contribution in [1.82, 2.24) is 0 Å². The number of carbonyl (C=O) groups excluding carboxylic acids is 1. The van der Waals surface area contributed by atoms with Gasteiger partial charge in [-0.3, -0.25) is 4.79 Å². The monoisotopic (exact) mass is 283 g/mol. The Hall–Kier alpha value is -1.59. The minimum absolute atomic E-state index is 0.0111. The van der Waals surface area contributed by atoms with E-state index in [9.17, 15) is 14.7 Å². The summed E-state index contributed by atoms with van der Waals surface area (Å²) in [6.07, 6.45) is 0.234. The van der Waals surface area contributed by atoms with Crippen LogP contribution in [0, 0.1) is 12.8 Å². The van der Waals surface area contributed by atoms with E-state index in [-0.39, 0.29) is 30.4 Å². The number of anilines is 1. The van der Waals surface area contributed by atoms with Crippen LogP contribution in [0.1, 0.15) is 22.3 Å². The van der Waals surface area contributed by atoms with Gasteiger partial charge in [-0.15, -0.1) is 0 Å². The lowest BCUT2D eigenvalue weighted by Crippen LogP contribution is -2.27. The van der Waals surface area contributed by atoms with Crippen molar-refractivity contribution >= 4 is 29.2 Å². The van der Waals surface area contributed by atoms with Crippen LogP contribution in [-0.2, 0) is 4.79 Å². The third kappa shape index (κ3) is 2.57. The van der Waals surface area contributed by atoms with Crippen LogP contribution in [0.15, 0.2) is 12.1 Å². The molecule has 1 atom stereocenters. The summed E-state index contributed by atoms with van der Waals surface area (Å²) in [5.41, 5.74) is 1.02. The number of carbonyl (C=O) groups is 2. The molecule has 0 saturated carbocycles. The normalized spacial score (nSPS) is 19.0. The molecule has 1 saturated heterocycles. The highest BCUT2D eigenvalue weighted by molar-refractivity contribution is 6.31. The fourth-order valence-electron chi connectivity index (χ4n) is 2.38. The molecule has 1 unspecified atom stereocenters. The number of aryl methyl sites for hydroxylation is 1. The topological polar surface area (TPSA) is 77.8 Å². The maximum atomic E-state index is 11.9. The van der Waals surface area contributed by atoms with Gasteiger partial charge in [0.2, 0.25) is 5.91 Å². The highest BCUT2D eigenvalue weighted by Gasteiger charge is 2.33. The first-order valence-electron chi connectivity index (χ1n) is 5.88. The molecule has 0 spiro atoms. The van der Waals surface area contributed by atoms with Crippen LogP contribution in [0.2, 0.25) is 5.02 Å². The van der Waals surface area contributed by atoms with Gasteiger partial charge in [-0.05, 0) is 24.6 Å². The van der Waals surface area contributed by atoms with Gasteiger partial charge in [-0.2, -0.15) is 0 Å². The molecule has 0 radical (unpaired) electrons. The van der Waals surface area contributed by atoms with E-state index in [1.807, 2.05) is 0 Å². The lowest BCUT2D eigenvalue weighted by atomic mass is 10.1. The first-order valence-corrected chi connectivity index (χ1v) is 6.26. The van der Waals surface area contributed by atoms with Crippen LogP contribution in [0.25, 0.3) is 0 Å². The molecule has 2 N–H and O–H groups in total.